The molecule has 0 fully saturated rings. The molecule has 6 heteroatoms. The molecule has 0 radical (unpaired) electrons. The fourth-order valence-electron chi connectivity index (χ4n) is 2.08. The van der Waals surface area contributed by atoms with Gasteiger partial charge in [0.15, 0.2) is 11.3 Å². The van der Waals surface area contributed by atoms with E-state index in [1.54, 1.807) is 44.2 Å². The number of ether oxygens (including phenoxy) is 1. The first-order valence-electron chi connectivity index (χ1n) is 7.64. The fraction of sp³-hybridized carbons (Fsp3) is 0.263. The molecule has 0 saturated carbocycles. The third-order valence-corrected chi connectivity index (χ3v) is 3.73. The first-order valence-corrected chi connectivity index (χ1v) is 7.64. The van der Waals surface area contributed by atoms with Gasteiger partial charge in [0.25, 0.3) is 5.91 Å². The van der Waals surface area contributed by atoms with Gasteiger partial charge in [0, 0.05) is 11.8 Å². The Balaban J connectivity index is 2.03. The molecule has 0 aliphatic rings. The lowest BCUT2D eigenvalue weighted by Crippen LogP contribution is -2.45. The number of hydrogen-bond acceptors (Lipinski definition) is 3. The lowest BCUT2D eigenvalue weighted by molar-refractivity contribution is -0.135. The number of aryl methyl sites for hydroxylation is 2. The summed E-state index contributed by atoms with van der Waals surface area (Å²) in [6.07, 6.45) is 0. The predicted octanol–water partition coefficient (Wildman–Crippen LogP) is 3.76. The Morgan fingerprint density at radius 3 is 2.60 bits per heavy atom. The molecule has 0 saturated heterocycles. The highest BCUT2D eigenvalue weighted by Gasteiger charge is 2.31. The molecule has 2 aromatic rings. The summed E-state index contributed by atoms with van der Waals surface area (Å²) in [6, 6.07) is 9.16. The third-order valence-electron chi connectivity index (χ3n) is 3.73. The lowest BCUT2D eigenvalue weighted by atomic mass is 10.1. The summed E-state index contributed by atoms with van der Waals surface area (Å²) in [5.74, 6) is -0.847. The van der Waals surface area contributed by atoms with Crippen LogP contribution in [0.2, 0.25) is 0 Å². The number of aliphatic hydroxyl groups is 1. The van der Waals surface area contributed by atoms with Crippen LogP contribution in [0.25, 0.3) is 4.85 Å². The van der Waals surface area contributed by atoms with Crippen molar-refractivity contribution in [3.8, 4) is 5.75 Å². The number of carbonyl (C=O) groups is 1. The molecule has 25 heavy (non-hydrogen) atoms. The number of nitrogens with zero attached hydrogens (tertiary/aromatic N) is 1. The van der Waals surface area contributed by atoms with Crippen LogP contribution in [0.15, 0.2) is 36.4 Å². The molecular weight excluding hydrogens is 323 g/mol. The molecule has 0 aromatic heterocycles. The summed E-state index contributed by atoms with van der Waals surface area (Å²) in [5.41, 5.74) is 0.355. The van der Waals surface area contributed by atoms with Crippen molar-refractivity contribution in [1.82, 2.24) is 0 Å². The summed E-state index contributed by atoms with van der Waals surface area (Å²) in [6.45, 7) is 11.4. The van der Waals surface area contributed by atoms with Crippen molar-refractivity contribution in [3.63, 3.8) is 0 Å². The molecule has 1 amide bonds. The van der Waals surface area contributed by atoms with Crippen LogP contribution in [0.4, 0.5) is 15.8 Å². The summed E-state index contributed by atoms with van der Waals surface area (Å²) < 4.78 is 18.8. The van der Waals surface area contributed by atoms with Gasteiger partial charge in [0.05, 0.1) is 6.57 Å². The highest BCUT2D eigenvalue weighted by Crippen LogP contribution is 2.23. The maximum atomic E-state index is 13.5. The number of anilines is 1. The van der Waals surface area contributed by atoms with Crippen molar-refractivity contribution >= 4 is 17.3 Å². The molecule has 0 aliphatic heterocycles. The Hall–Kier alpha value is -2.91. The second-order valence-electron chi connectivity index (χ2n) is 6.04. The molecule has 0 bridgehead atoms. The number of nitrogens with one attached hydrogen (secondary N) is 1. The van der Waals surface area contributed by atoms with E-state index in [1.165, 1.54) is 13.0 Å². The first kappa shape index (κ1) is 18.4. The van der Waals surface area contributed by atoms with Crippen molar-refractivity contribution in [2.45, 2.75) is 26.4 Å². The van der Waals surface area contributed by atoms with Crippen LogP contribution >= 0.6 is 0 Å². The van der Waals surface area contributed by atoms with Crippen molar-refractivity contribution in [1.29, 1.82) is 0 Å². The van der Waals surface area contributed by atoms with E-state index < -0.39 is 17.3 Å². The smallest absolute Gasteiger partial charge is 0.259 e. The average molecular weight is 342 g/mol. The van der Waals surface area contributed by atoms with E-state index in [2.05, 4.69) is 10.2 Å². The van der Waals surface area contributed by atoms with Gasteiger partial charge < -0.3 is 15.2 Å². The standard InChI is InChI=1S/C19H19FN2O3/c1-12-5-7-15(10-16(12)20)25-11-19(3,24)18(23)22-14-6-8-17(21-4)13(2)9-14/h5-10,24H,11H2,1-3H3,(H,22,23)/t19-/m1/s1. The summed E-state index contributed by atoms with van der Waals surface area (Å²) >= 11 is 0. The van der Waals surface area contributed by atoms with Gasteiger partial charge in [0.2, 0.25) is 0 Å². The van der Waals surface area contributed by atoms with Gasteiger partial charge in [-0.15, -0.1) is 0 Å². The van der Waals surface area contributed by atoms with Crippen LogP contribution in [0.5, 0.6) is 5.75 Å². The van der Waals surface area contributed by atoms with Gasteiger partial charge in [-0.3, -0.25) is 4.79 Å². The number of rotatable bonds is 5. The Morgan fingerprint density at radius 1 is 1.28 bits per heavy atom. The molecule has 2 aromatic carbocycles. The molecule has 2 rings (SSSR count). The fourth-order valence-corrected chi connectivity index (χ4v) is 2.08. The molecule has 0 heterocycles. The van der Waals surface area contributed by atoms with E-state index in [0.29, 0.717) is 16.9 Å². The zero-order chi connectivity index (χ0) is 18.6. The monoisotopic (exact) mass is 342 g/mol. The van der Waals surface area contributed by atoms with E-state index in [4.69, 9.17) is 11.3 Å². The minimum absolute atomic E-state index is 0.230. The molecule has 1 atom stereocenters. The Labute approximate surface area is 145 Å². The molecule has 0 unspecified atom stereocenters. The molecule has 2 N–H and O–H groups in total. The van der Waals surface area contributed by atoms with Crippen LogP contribution in [0.3, 0.4) is 0 Å². The summed E-state index contributed by atoms with van der Waals surface area (Å²) in [7, 11) is 0. The third kappa shape index (κ3) is 4.55. The van der Waals surface area contributed by atoms with Crippen molar-refractivity contribution < 1.29 is 19.0 Å². The lowest BCUT2D eigenvalue weighted by Gasteiger charge is -2.23. The minimum atomic E-state index is -1.81. The first-order chi connectivity index (χ1) is 11.7. The Bertz CT molecular complexity index is 841. The number of hydrogen-bond donors (Lipinski definition) is 2. The Morgan fingerprint density at radius 2 is 2.00 bits per heavy atom. The predicted molar refractivity (Wildman–Crippen MR) is 93.3 cm³/mol. The van der Waals surface area contributed by atoms with Gasteiger partial charge in [-0.05, 0) is 50.1 Å². The summed E-state index contributed by atoms with van der Waals surface area (Å²) in [5, 5.41) is 12.9. The second-order valence-corrected chi connectivity index (χ2v) is 6.04. The molecular formula is C19H19FN2O3. The van der Waals surface area contributed by atoms with Crippen molar-refractivity contribution in [2.75, 3.05) is 11.9 Å². The average Bonchev–Trinajstić information content (AvgIpc) is 2.56. The highest BCUT2D eigenvalue weighted by atomic mass is 19.1. The maximum absolute atomic E-state index is 13.5. The van der Waals surface area contributed by atoms with Crippen LogP contribution in [-0.4, -0.2) is 23.2 Å². The van der Waals surface area contributed by atoms with Gasteiger partial charge >= 0.3 is 0 Å². The zero-order valence-electron chi connectivity index (χ0n) is 14.3. The number of benzene rings is 2. The quantitative estimate of drug-likeness (QED) is 0.813. The van der Waals surface area contributed by atoms with Crippen LogP contribution < -0.4 is 10.1 Å². The molecule has 130 valence electrons. The van der Waals surface area contributed by atoms with E-state index >= 15 is 0 Å². The summed E-state index contributed by atoms with van der Waals surface area (Å²) in [4.78, 5) is 15.6. The van der Waals surface area contributed by atoms with Crippen molar-refractivity contribution in [2.24, 2.45) is 0 Å². The SMILES string of the molecule is [C-]#[N+]c1ccc(NC(=O)[C@](C)(O)COc2ccc(C)c(F)c2)cc1C. The minimum Gasteiger partial charge on any atom is -0.490 e. The van der Waals surface area contributed by atoms with E-state index in [0.717, 1.165) is 5.56 Å². The normalized spacial score (nSPS) is 12.8. The van der Waals surface area contributed by atoms with Gasteiger partial charge in [-0.1, -0.05) is 12.1 Å². The number of carbonyl (C=O) groups excluding carboxylic acids is 1. The molecule has 5 nitrogen and oxygen atoms in total. The maximum Gasteiger partial charge on any atom is 0.259 e. The number of amides is 1. The molecule has 0 spiro atoms. The highest BCUT2D eigenvalue weighted by molar-refractivity contribution is 5.97. The van der Waals surface area contributed by atoms with Crippen LogP contribution in [0, 0.1) is 26.2 Å². The zero-order valence-corrected chi connectivity index (χ0v) is 14.3. The largest absolute Gasteiger partial charge is 0.490 e. The van der Waals surface area contributed by atoms with E-state index in [1.807, 2.05) is 0 Å². The van der Waals surface area contributed by atoms with E-state index in [-0.39, 0.29) is 12.4 Å². The Kier molecular flexibility index (Phi) is 5.40. The molecule has 0 aliphatic carbocycles. The van der Waals surface area contributed by atoms with Gasteiger partial charge in [0.1, 0.15) is 18.2 Å². The van der Waals surface area contributed by atoms with Gasteiger partial charge in [-0.25, -0.2) is 9.24 Å². The topological polar surface area (TPSA) is 62.9 Å². The van der Waals surface area contributed by atoms with Gasteiger partial charge in [-0.2, -0.15) is 0 Å². The van der Waals surface area contributed by atoms with E-state index in [9.17, 15) is 14.3 Å². The number of halogens is 1. The van der Waals surface area contributed by atoms with Crippen LogP contribution in [-0.2, 0) is 4.79 Å². The second kappa shape index (κ2) is 7.32. The van der Waals surface area contributed by atoms with Crippen LogP contribution in [0.1, 0.15) is 18.1 Å². The van der Waals surface area contributed by atoms with Crippen molar-refractivity contribution in [3.05, 3.63) is 64.8 Å².